The minimum atomic E-state index is -4.85. The van der Waals surface area contributed by atoms with Crippen molar-refractivity contribution in [3.8, 4) is 0 Å². The van der Waals surface area contributed by atoms with Crippen LogP contribution in [-0.2, 0) is 12.6 Å². The van der Waals surface area contributed by atoms with E-state index in [4.69, 9.17) is 5.73 Å². The number of imidazole rings is 1. The first-order valence-corrected chi connectivity index (χ1v) is 7.97. The molecular weight excluding hydrogens is 450 g/mol. The molecule has 0 bridgehead atoms. The summed E-state index contributed by atoms with van der Waals surface area (Å²) in [4.78, 5) is 9.57. The van der Waals surface area contributed by atoms with E-state index in [1.165, 1.54) is 19.4 Å². The second-order valence-electron chi connectivity index (χ2n) is 6.40. The molecule has 2 unspecified atom stereocenters. The molecule has 0 saturated carbocycles. The molecule has 2 atom stereocenters. The third kappa shape index (κ3) is 4.99. The lowest BCUT2D eigenvalue weighted by atomic mass is 9.98. The summed E-state index contributed by atoms with van der Waals surface area (Å²) >= 11 is 0. The highest BCUT2D eigenvalue weighted by Crippen LogP contribution is 2.40. The third-order valence-corrected chi connectivity index (χ3v) is 4.39. The number of piperidine rings is 1. The molecule has 0 spiro atoms. The molecule has 6 nitrogen and oxygen atoms in total. The quantitative estimate of drug-likeness (QED) is 0.398. The average molecular weight is 475 g/mol. The van der Waals surface area contributed by atoms with Crippen LogP contribution in [0.5, 0.6) is 0 Å². The number of halogens is 4. The Balaban J connectivity index is 0.00000312. The fourth-order valence-corrected chi connectivity index (χ4v) is 2.97. The van der Waals surface area contributed by atoms with Crippen LogP contribution in [0, 0.1) is 5.92 Å². The van der Waals surface area contributed by atoms with Crippen molar-refractivity contribution in [3.63, 3.8) is 0 Å². The van der Waals surface area contributed by atoms with E-state index >= 15 is 0 Å². The Labute approximate surface area is 162 Å². The first-order chi connectivity index (χ1) is 11.1. The Morgan fingerprint density at radius 1 is 1.48 bits per heavy atom. The molecule has 1 fully saturated rings. The molecular formula is C15H25F3IN5O. The number of likely N-dealkylation sites (tertiary alicyclic amines) is 1. The largest absolute Gasteiger partial charge is 0.424 e. The lowest BCUT2D eigenvalue weighted by Crippen LogP contribution is -2.46. The summed E-state index contributed by atoms with van der Waals surface area (Å²) in [6, 6.07) is 0. The number of aliphatic imine (C=N–C) groups is 1. The van der Waals surface area contributed by atoms with Crippen LogP contribution in [0.2, 0.25) is 0 Å². The van der Waals surface area contributed by atoms with Crippen LogP contribution in [0.1, 0.15) is 32.0 Å². The number of alkyl halides is 3. The minimum absolute atomic E-state index is 0. The highest BCUT2D eigenvalue weighted by molar-refractivity contribution is 14.0. The minimum Gasteiger partial charge on any atom is -0.374 e. The lowest BCUT2D eigenvalue weighted by Gasteiger charge is -2.32. The van der Waals surface area contributed by atoms with Crippen molar-refractivity contribution in [2.24, 2.45) is 23.7 Å². The zero-order chi connectivity index (χ0) is 18.0. The SMILES string of the molecule is CC1CCCN(C(N)=NCCC(O)(c2nccn2C)C(F)(F)F)C1.I. The Hall–Kier alpha value is -1.04. The molecule has 1 aromatic rings. The van der Waals surface area contributed by atoms with E-state index in [0.29, 0.717) is 5.92 Å². The predicted molar refractivity (Wildman–Crippen MR) is 99.7 cm³/mol. The van der Waals surface area contributed by atoms with Crippen LogP contribution >= 0.6 is 24.0 Å². The van der Waals surface area contributed by atoms with E-state index in [9.17, 15) is 18.3 Å². The number of nitrogens with zero attached hydrogens (tertiary/aromatic N) is 4. The molecule has 0 aliphatic carbocycles. The van der Waals surface area contributed by atoms with Gasteiger partial charge in [0, 0.05) is 45.5 Å². The van der Waals surface area contributed by atoms with Gasteiger partial charge in [-0.25, -0.2) is 4.98 Å². The predicted octanol–water partition coefficient (Wildman–Crippen LogP) is 2.22. The monoisotopic (exact) mass is 475 g/mol. The number of guanidine groups is 1. The van der Waals surface area contributed by atoms with Crippen LogP contribution < -0.4 is 5.73 Å². The number of hydrogen-bond acceptors (Lipinski definition) is 3. The van der Waals surface area contributed by atoms with E-state index < -0.39 is 24.0 Å². The zero-order valence-corrected chi connectivity index (χ0v) is 16.7. The van der Waals surface area contributed by atoms with Crippen molar-refractivity contribution >= 4 is 29.9 Å². The van der Waals surface area contributed by atoms with Crippen LogP contribution in [-0.4, -0.2) is 51.3 Å². The Morgan fingerprint density at radius 2 is 2.16 bits per heavy atom. The van der Waals surface area contributed by atoms with E-state index in [-0.39, 0.29) is 36.5 Å². The average Bonchev–Trinajstić information content (AvgIpc) is 2.92. The number of aromatic nitrogens is 2. The van der Waals surface area contributed by atoms with Crippen molar-refractivity contribution in [1.29, 1.82) is 0 Å². The maximum atomic E-state index is 13.4. The Bertz CT molecular complexity index is 592. The van der Waals surface area contributed by atoms with Crippen molar-refractivity contribution in [1.82, 2.24) is 14.5 Å². The Morgan fingerprint density at radius 3 is 2.68 bits per heavy atom. The molecule has 10 heteroatoms. The van der Waals surface area contributed by atoms with Crippen LogP contribution in [0.25, 0.3) is 0 Å². The molecule has 1 aromatic heterocycles. The fraction of sp³-hybridized carbons (Fsp3) is 0.733. The summed E-state index contributed by atoms with van der Waals surface area (Å²) in [6.07, 6.45) is -0.813. The van der Waals surface area contributed by atoms with Gasteiger partial charge >= 0.3 is 6.18 Å². The van der Waals surface area contributed by atoms with Gasteiger partial charge < -0.3 is 20.3 Å². The number of aliphatic hydroxyl groups is 1. The molecule has 144 valence electrons. The first-order valence-electron chi connectivity index (χ1n) is 7.97. The van der Waals surface area contributed by atoms with E-state index in [1.54, 1.807) is 0 Å². The van der Waals surface area contributed by atoms with E-state index in [2.05, 4.69) is 16.9 Å². The van der Waals surface area contributed by atoms with Gasteiger partial charge in [0.2, 0.25) is 5.60 Å². The molecule has 2 rings (SSSR count). The molecule has 25 heavy (non-hydrogen) atoms. The molecule has 1 saturated heterocycles. The number of aryl methyl sites for hydroxylation is 1. The smallest absolute Gasteiger partial charge is 0.374 e. The van der Waals surface area contributed by atoms with Crippen molar-refractivity contribution < 1.29 is 18.3 Å². The summed E-state index contributed by atoms with van der Waals surface area (Å²) in [5.74, 6) is 0.258. The lowest BCUT2D eigenvalue weighted by molar-refractivity contribution is -0.272. The highest BCUT2D eigenvalue weighted by Gasteiger charge is 2.57. The topological polar surface area (TPSA) is 79.7 Å². The first kappa shape index (κ1) is 22.0. The van der Waals surface area contributed by atoms with Gasteiger partial charge in [0.15, 0.2) is 5.96 Å². The summed E-state index contributed by atoms with van der Waals surface area (Å²) in [6.45, 7) is 3.36. The van der Waals surface area contributed by atoms with Gasteiger partial charge in [-0.3, -0.25) is 4.99 Å². The second-order valence-corrected chi connectivity index (χ2v) is 6.40. The van der Waals surface area contributed by atoms with E-state index in [0.717, 1.165) is 30.5 Å². The van der Waals surface area contributed by atoms with Crippen LogP contribution in [0.4, 0.5) is 13.2 Å². The summed E-state index contributed by atoms with van der Waals surface area (Å²) < 4.78 is 41.3. The molecule has 2 heterocycles. The third-order valence-electron chi connectivity index (χ3n) is 4.39. The number of nitrogens with two attached hydrogens (primary N) is 1. The number of hydrogen-bond donors (Lipinski definition) is 2. The zero-order valence-electron chi connectivity index (χ0n) is 14.3. The molecule has 0 amide bonds. The van der Waals surface area contributed by atoms with Crippen LogP contribution in [0.3, 0.4) is 0 Å². The maximum Gasteiger partial charge on any atom is 0.424 e. The molecule has 0 aromatic carbocycles. The van der Waals surface area contributed by atoms with Crippen LogP contribution in [0.15, 0.2) is 17.4 Å². The molecule has 1 aliphatic rings. The normalized spacial score (nSPS) is 21.6. The van der Waals surface area contributed by atoms with Gasteiger partial charge in [-0.15, -0.1) is 24.0 Å². The van der Waals surface area contributed by atoms with Gasteiger partial charge in [0.1, 0.15) is 5.82 Å². The number of rotatable bonds is 4. The molecule has 1 aliphatic heterocycles. The summed E-state index contributed by atoms with van der Waals surface area (Å²) in [5.41, 5.74) is 2.84. The maximum absolute atomic E-state index is 13.4. The fourth-order valence-electron chi connectivity index (χ4n) is 2.97. The molecule has 3 N–H and O–H groups in total. The second kappa shape index (κ2) is 8.56. The van der Waals surface area contributed by atoms with Gasteiger partial charge in [-0.2, -0.15) is 13.2 Å². The Kier molecular flexibility index (Phi) is 7.54. The van der Waals surface area contributed by atoms with Gasteiger partial charge in [-0.05, 0) is 18.8 Å². The highest BCUT2D eigenvalue weighted by atomic mass is 127. The standard InChI is InChI=1S/C15H24F3N5O.HI/c1-11-4-3-8-23(10-11)13(19)21-6-5-14(24,15(16,17)18)12-20-7-9-22(12)2;/h7,9,11,24H,3-6,8,10H2,1-2H3,(H2,19,21);1H. The van der Waals surface area contributed by atoms with E-state index in [1.807, 2.05) is 4.90 Å². The summed E-state index contributed by atoms with van der Waals surface area (Å²) in [7, 11) is 1.41. The van der Waals surface area contributed by atoms with Crippen molar-refractivity contribution in [2.75, 3.05) is 19.6 Å². The van der Waals surface area contributed by atoms with Crippen molar-refractivity contribution in [2.45, 2.75) is 38.0 Å². The van der Waals surface area contributed by atoms with Crippen molar-refractivity contribution in [3.05, 3.63) is 18.2 Å². The van der Waals surface area contributed by atoms with Gasteiger partial charge in [0.05, 0.1) is 0 Å². The van der Waals surface area contributed by atoms with Gasteiger partial charge in [-0.1, -0.05) is 6.92 Å². The summed E-state index contributed by atoms with van der Waals surface area (Å²) in [5, 5.41) is 10.2. The molecule has 0 radical (unpaired) electrons. The van der Waals surface area contributed by atoms with Gasteiger partial charge in [0.25, 0.3) is 0 Å².